The standard InChI is InChI=1S/C19H25FN4O2S2/c1-19(2)16(24(26)17(25)22-14-9-4-3-5-10-14)23(18(27)28-19)21-12-13-8-6-7-11-15(13)20/h6-8,11-12,14,16,26H,3-5,9-10H2,1-2H3,(H,22,25). The molecule has 1 aromatic carbocycles. The minimum absolute atomic E-state index is 0.0652. The predicted molar refractivity (Wildman–Crippen MR) is 113 cm³/mol. The lowest BCUT2D eigenvalue weighted by molar-refractivity contribution is -0.119. The lowest BCUT2D eigenvalue weighted by atomic mass is 9.96. The number of carbonyl (C=O) groups excluding carboxylic acids is 1. The van der Waals surface area contributed by atoms with Crippen molar-refractivity contribution in [2.75, 3.05) is 0 Å². The molecule has 9 heteroatoms. The van der Waals surface area contributed by atoms with Crippen LogP contribution < -0.4 is 5.32 Å². The van der Waals surface area contributed by atoms with Gasteiger partial charge in [0.2, 0.25) is 0 Å². The molecule has 2 amide bonds. The maximum atomic E-state index is 13.9. The largest absolute Gasteiger partial charge is 0.343 e. The summed E-state index contributed by atoms with van der Waals surface area (Å²) in [5.74, 6) is -0.407. The third-order valence-corrected chi connectivity index (χ3v) is 6.53. The zero-order valence-electron chi connectivity index (χ0n) is 16.0. The molecule has 0 radical (unpaired) electrons. The molecule has 1 aliphatic carbocycles. The number of hydroxylamine groups is 2. The Morgan fingerprint density at radius 1 is 1.39 bits per heavy atom. The van der Waals surface area contributed by atoms with E-state index in [0.29, 0.717) is 14.9 Å². The smallest absolute Gasteiger partial charge is 0.333 e. The summed E-state index contributed by atoms with van der Waals surface area (Å²) in [6, 6.07) is 5.74. The molecule has 2 N–H and O–H groups in total. The van der Waals surface area contributed by atoms with Crippen LogP contribution in [0.5, 0.6) is 0 Å². The number of benzene rings is 1. The Morgan fingerprint density at radius 3 is 2.75 bits per heavy atom. The molecule has 3 rings (SSSR count). The molecule has 2 fully saturated rings. The molecule has 1 saturated carbocycles. The van der Waals surface area contributed by atoms with E-state index in [-0.39, 0.29) is 6.04 Å². The van der Waals surface area contributed by atoms with Gasteiger partial charge in [-0.05, 0) is 32.8 Å². The van der Waals surface area contributed by atoms with E-state index in [0.717, 1.165) is 25.7 Å². The van der Waals surface area contributed by atoms with Gasteiger partial charge in [0.1, 0.15) is 5.82 Å². The number of hydrogen-bond acceptors (Lipinski definition) is 5. The van der Waals surface area contributed by atoms with Crippen LogP contribution in [0.25, 0.3) is 0 Å². The summed E-state index contributed by atoms with van der Waals surface area (Å²) >= 11 is 6.73. The van der Waals surface area contributed by atoms with E-state index < -0.39 is 22.8 Å². The zero-order chi connectivity index (χ0) is 20.3. The lowest BCUT2D eigenvalue weighted by Gasteiger charge is -2.35. The van der Waals surface area contributed by atoms with Gasteiger partial charge in [0, 0.05) is 11.6 Å². The highest BCUT2D eigenvalue weighted by atomic mass is 32.2. The third-order valence-electron chi connectivity index (χ3n) is 4.99. The molecule has 1 saturated heterocycles. The van der Waals surface area contributed by atoms with E-state index >= 15 is 0 Å². The van der Waals surface area contributed by atoms with Gasteiger partial charge in [-0.25, -0.2) is 14.2 Å². The molecule has 28 heavy (non-hydrogen) atoms. The van der Waals surface area contributed by atoms with Crippen LogP contribution in [0.2, 0.25) is 0 Å². The SMILES string of the molecule is CC1(C)SC(=S)N(N=Cc2ccccc2F)C1N(O)C(=O)NC1CCCCC1. The lowest BCUT2D eigenvalue weighted by Crippen LogP contribution is -2.57. The van der Waals surface area contributed by atoms with Gasteiger partial charge < -0.3 is 5.32 Å². The van der Waals surface area contributed by atoms with Gasteiger partial charge >= 0.3 is 6.03 Å². The van der Waals surface area contributed by atoms with Crippen molar-refractivity contribution < 1.29 is 14.4 Å². The van der Waals surface area contributed by atoms with Crippen molar-refractivity contribution >= 4 is 40.5 Å². The van der Waals surface area contributed by atoms with Crippen molar-refractivity contribution in [1.29, 1.82) is 0 Å². The monoisotopic (exact) mass is 424 g/mol. The van der Waals surface area contributed by atoms with Gasteiger partial charge in [0.15, 0.2) is 10.5 Å². The highest BCUT2D eigenvalue weighted by molar-refractivity contribution is 8.24. The van der Waals surface area contributed by atoms with Crippen LogP contribution in [0, 0.1) is 5.82 Å². The van der Waals surface area contributed by atoms with Crippen molar-refractivity contribution in [2.24, 2.45) is 5.10 Å². The summed E-state index contributed by atoms with van der Waals surface area (Å²) in [5, 5.41) is 19.9. The van der Waals surface area contributed by atoms with Crippen molar-refractivity contribution in [3.8, 4) is 0 Å². The fourth-order valence-corrected chi connectivity index (χ4v) is 5.32. The fraction of sp³-hybridized carbons (Fsp3) is 0.526. The van der Waals surface area contributed by atoms with Crippen LogP contribution in [-0.4, -0.2) is 48.8 Å². The number of carbonyl (C=O) groups is 1. The Balaban J connectivity index is 1.77. The molecule has 2 aliphatic rings. The number of halogens is 1. The highest BCUT2D eigenvalue weighted by Gasteiger charge is 2.50. The number of nitrogens with one attached hydrogen (secondary N) is 1. The van der Waals surface area contributed by atoms with E-state index in [2.05, 4.69) is 10.4 Å². The van der Waals surface area contributed by atoms with Gasteiger partial charge in [-0.2, -0.15) is 10.2 Å². The Hall–Kier alpha value is -1.71. The first-order valence-electron chi connectivity index (χ1n) is 9.39. The molecule has 152 valence electrons. The van der Waals surface area contributed by atoms with Gasteiger partial charge in [0.25, 0.3) is 0 Å². The molecule has 0 bridgehead atoms. The summed E-state index contributed by atoms with van der Waals surface area (Å²) in [5.41, 5.74) is 0.301. The van der Waals surface area contributed by atoms with Gasteiger partial charge in [0.05, 0.1) is 11.0 Å². The first-order valence-corrected chi connectivity index (χ1v) is 10.6. The first kappa shape index (κ1) is 21.0. The molecule has 1 unspecified atom stereocenters. The second-order valence-corrected chi connectivity index (χ2v) is 9.87. The van der Waals surface area contributed by atoms with E-state index in [4.69, 9.17) is 12.2 Å². The zero-order valence-corrected chi connectivity index (χ0v) is 17.6. The quantitative estimate of drug-likeness (QED) is 0.326. The number of hydrogen-bond donors (Lipinski definition) is 2. The average molecular weight is 425 g/mol. The van der Waals surface area contributed by atoms with Crippen molar-refractivity contribution in [1.82, 2.24) is 15.4 Å². The number of thiocarbonyl (C=S) groups is 1. The van der Waals surface area contributed by atoms with Crippen molar-refractivity contribution in [2.45, 2.75) is 62.9 Å². The van der Waals surface area contributed by atoms with E-state index in [1.165, 1.54) is 35.5 Å². The van der Waals surface area contributed by atoms with Gasteiger partial charge in [-0.3, -0.25) is 5.21 Å². The van der Waals surface area contributed by atoms with Crippen LogP contribution >= 0.6 is 24.0 Å². The van der Waals surface area contributed by atoms with Crippen molar-refractivity contribution in [3.05, 3.63) is 35.6 Å². The van der Waals surface area contributed by atoms with Gasteiger partial charge in [-0.15, -0.1) is 0 Å². The number of rotatable bonds is 4. The molecule has 0 aromatic heterocycles. The predicted octanol–water partition coefficient (Wildman–Crippen LogP) is 4.33. The molecular weight excluding hydrogens is 399 g/mol. The van der Waals surface area contributed by atoms with E-state index in [1.54, 1.807) is 18.2 Å². The molecule has 1 aromatic rings. The number of hydrazone groups is 1. The minimum atomic E-state index is -0.809. The second-order valence-electron chi connectivity index (χ2n) is 7.58. The maximum absolute atomic E-state index is 13.9. The molecular formula is C19H25FN4O2S2. The normalized spacial score (nSPS) is 22.6. The summed E-state index contributed by atoms with van der Waals surface area (Å²) in [6.07, 6.45) is 5.69. The minimum Gasteiger partial charge on any atom is -0.333 e. The fourth-order valence-electron chi connectivity index (χ4n) is 3.53. The summed E-state index contributed by atoms with van der Waals surface area (Å²) < 4.78 is 13.7. The number of urea groups is 1. The molecule has 1 heterocycles. The Morgan fingerprint density at radius 2 is 2.07 bits per heavy atom. The number of thioether (sulfide) groups is 1. The third kappa shape index (κ3) is 4.64. The van der Waals surface area contributed by atoms with Crippen molar-refractivity contribution in [3.63, 3.8) is 0 Å². The van der Waals surface area contributed by atoms with E-state index in [9.17, 15) is 14.4 Å². The Bertz CT molecular complexity index is 768. The molecule has 0 spiro atoms. The maximum Gasteiger partial charge on any atom is 0.343 e. The summed E-state index contributed by atoms with van der Waals surface area (Å²) in [7, 11) is 0. The number of amides is 2. The topological polar surface area (TPSA) is 68.2 Å². The average Bonchev–Trinajstić information content (AvgIpc) is 2.89. The molecule has 6 nitrogen and oxygen atoms in total. The molecule has 1 aliphatic heterocycles. The highest BCUT2D eigenvalue weighted by Crippen LogP contribution is 2.42. The van der Waals surface area contributed by atoms with Crippen LogP contribution in [0.4, 0.5) is 9.18 Å². The first-order chi connectivity index (χ1) is 13.3. The second kappa shape index (κ2) is 8.75. The summed E-state index contributed by atoms with van der Waals surface area (Å²) in [4.78, 5) is 12.6. The van der Waals surface area contributed by atoms with E-state index in [1.807, 2.05) is 13.8 Å². The van der Waals surface area contributed by atoms with Crippen LogP contribution in [0.1, 0.15) is 51.5 Å². The van der Waals surface area contributed by atoms with Crippen LogP contribution in [-0.2, 0) is 0 Å². The van der Waals surface area contributed by atoms with Crippen LogP contribution in [0.15, 0.2) is 29.4 Å². The number of nitrogens with zero attached hydrogens (tertiary/aromatic N) is 3. The van der Waals surface area contributed by atoms with Gasteiger partial charge in [-0.1, -0.05) is 61.4 Å². The summed E-state index contributed by atoms with van der Waals surface area (Å²) in [6.45, 7) is 3.76. The Kier molecular flexibility index (Phi) is 6.57. The van der Waals surface area contributed by atoms with Crippen LogP contribution in [0.3, 0.4) is 0 Å². The molecule has 1 atom stereocenters. The Labute approximate surface area is 174 Å².